The molecule has 1 unspecified atom stereocenters. The Morgan fingerprint density at radius 3 is 1.85 bits per heavy atom. The molecule has 1 N–H and O–H groups in total. The lowest BCUT2D eigenvalue weighted by molar-refractivity contribution is 0.521. The standard InChI is InChI=1S/C19H25N/c1-3-16-10-12-18(13-11-16)15-19(20-4-2)14-17-8-6-5-7-9-17/h5-13,19-20H,3-4,14-15H2,1-2H3. The number of rotatable bonds is 7. The maximum Gasteiger partial charge on any atom is 0.0148 e. The Hall–Kier alpha value is -1.60. The number of hydrogen-bond donors (Lipinski definition) is 1. The minimum atomic E-state index is 0.509. The molecule has 0 spiro atoms. The first kappa shape index (κ1) is 14.8. The van der Waals surface area contributed by atoms with Gasteiger partial charge in [0.1, 0.15) is 0 Å². The molecule has 0 saturated heterocycles. The molecule has 0 amide bonds. The van der Waals surface area contributed by atoms with Crippen LogP contribution in [0.25, 0.3) is 0 Å². The summed E-state index contributed by atoms with van der Waals surface area (Å²) in [6.07, 6.45) is 3.29. The summed E-state index contributed by atoms with van der Waals surface area (Å²) in [6, 6.07) is 20.3. The van der Waals surface area contributed by atoms with Gasteiger partial charge in [-0.15, -0.1) is 0 Å². The molecule has 0 bridgehead atoms. The summed E-state index contributed by atoms with van der Waals surface area (Å²) in [4.78, 5) is 0. The Kier molecular flexibility index (Phi) is 5.82. The van der Waals surface area contributed by atoms with E-state index in [2.05, 4.69) is 73.8 Å². The Morgan fingerprint density at radius 2 is 1.30 bits per heavy atom. The number of aryl methyl sites for hydroxylation is 1. The monoisotopic (exact) mass is 267 g/mol. The highest BCUT2D eigenvalue weighted by Gasteiger charge is 2.09. The van der Waals surface area contributed by atoms with Crippen LogP contribution in [0.5, 0.6) is 0 Å². The van der Waals surface area contributed by atoms with E-state index in [1.165, 1.54) is 16.7 Å². The fourth-order valence-corrected chi connectivity index (χ4v) is 2.60. The Balaban J connectivity index is 2.00. The smallest absolute Gasteiger partial charge is 0.0148 e. The van der Waals surface area contributed by atoms with Crippen LogP contribution in [0.15, 0.2) is 54.6 Å². The van der Waals surface area contributed by atoms with Crippen LogP contribution in [-0.4, -0.2) is 12.6 Å². The molecule has 0 aromatic heterocycles. The van der Waals surface area contributed by atoms with E-state index in [4.69, 9.17) is 0 Å². The van der Waals surface area contributed by atoms with Gasteiger partial charge in [-0.2, -0.15) is 0 Å². The van der Waals surface area contributed by atoms with Crippen LogP contribution in [0.4, 0.5) is 0 Å². The van der Waals surface area contributed by atoms with Gasteiger partial charge in [0.05, 0.1) is 0 Å². The van der Waals surface area contributed by atoms with Gasteiger partial charge in [-0.1, -0.05) is 68.4 Å². The normalized spacial score (nSPS) is 12.3. The molecule has 106 valence electrons. The molecule has 2 aromatic rings. The van der Waals surface area contributed by atoms with Crippen LogP contribution in [0.1, 0.15) is 30.5 Å². The van der Waals surface area contributed by atoms with Crippen LogP contribution >= 0.6 is 0 Å². The summed E-state index contributed by atoms with van der Waals surface area (Å²) in [5.74, 6) is 0. The summed E-state index contributed by atoms with van der Waals surface area (Å²) in [5.41, 5.74) is 4.24. The minimum absolute atomic E-state index is 0.509. The molecular weight excluding hydrogens is 242 g/mol. The second-order valence-corrected chi connectivity index (χ2v) is 5.32. The zero-order valence-electron chi connectivity index (χ0n) is 12.6. The van der Waals surface area contributed by atoms with Crippen molar-refractivity contribution in [2.75, 3.05) is 6.54 Å². The lowest BCUT2D eigenvalue weighted by atomic mass is 9.98. The Labute approximate surface area is 123 Å². The van der Waals surface area contributed by atoms with E-state index in [1.807, 2.05) is 0 Å². The summed E-state index contributed by atoms with van der Waals surface area (Å²) in [7, 11) is 0. The van der Waals surface area contributed by atoms with Gasteiger partial charge in [-0.05, 0) is 42.5 Å². The first-order valence-electron chi connectivity index (χ1n) is 7.67. The van der Waals surface area contributed by atoms with Gasteiger partial charge in [-0.3, -0.25) is 0 Å². The van der Waals surface area contributed by atoms with Gasteiger partial charge in [0.25, 0.3) is 0 Å². The molecule has 2 aromatic carbocycles. The molecule has 0 radical (unpaired) electrons. The van der Waals surface area contributed by atoms with Gasteiger partial charge < -0.3 is 5.32 Å². The maximum absolute atomic E-state index is 3.61. The molecule has 0 aliphatic rings. The predicted molar refractivity (Wildman–Crippen MR) is 87.1 cm³/mol. The number of benzene rings is 2. The van der Waals surface area contributed by atoms with E-state index in [0.717, 1.165) is 25.8 Å². The number of nitrogens with one attached hydrogen (secondary N) is 1. The maximum atomic E-state index is 3.61. The Morgan fingerprint density at radius 1 is 0.750 bits per heavy atom. The van der Waals surface area contributed by atoms with Crippen molar-refractivity contribution in [3.8, 4) is 0 Å². The van der Waals surface area contributed by atoms with Gasteiger partial charge in [0.2, 0.25) is 0 Å². The van der Waals surface area contributed by atoms with E-state index >= 15 is 0 Å². The lowest BCUT2D eigenvalue weighted by Gasteiger charge is -2.18. The number of likely N-dealkylation sites (N-methyl/N-ethyl adjacent to an activating group) is 1. The van der Waals surface area contributed by atoms with Crippen molar-refractivity contribution >= 4 is 0 Å². The number of hydrogen-bond acceptors (Lipinski definition) is 1. The predicted octanol–water partition coefficient (Wildman–Crippen LogP) is 4.01. The van der Waals surface area contributed by atoms with Crippen molar-refractivity contribution in [2.24, 2.45) is 0 Å². The van der Waals surface area contributed by atoms with Crippen LogP contribution in [0.2, 0.25) is 0 Å². The zero-order valence-corrected chi connectivity index (χ0v) is 12.6. The largest absolute Gasteiger partial charge is 0.314 e. The van der Waals surface area contributed by atoms with Crippen molar-refractivity contribution in [1.82, 2.24) is 5.32 Å². The molecule has 1 nitrogen and oxygen atoms in total. The van der Waals surface area contributed by atoms with Crippen molar-refractivity contribution < 1.29 is 0 Å². The third-order valence-electron chi connectivity index (χ3n) is 3.73. The average molecular weight is 267 g/mol. The topological polar surface area (TPSA) is 12.0 Å². The molecule has 1 atom stereocenters. The third-order valence-corrected chi connectivity index (χ3v) is 3.73. The molecule has 0 saturated carbocycles. The highest BCUT2D eigenvalue weighted by Crippen LogP contribution is 2.11. The third kappa shape index (κ3) is 4.50. The SMILES string of the molecule is CCNC(Cc1ccccc1)Cc1ccc(CC)cc1. The molecule has 0 heterocycles. The van der Waals surface area contributed by atoms with Crippen molar-refractivity contribution in [2.45, 2.75) is 39.2 Å². The van der Waals surface area contributed by atoms with Crippen LogP contribution in [0, 0.1) is 0 Å². The second kappa shape index (κ2) is 7.86. The zero-order chi connectivity index (χ0) is 14.2. The van der Waals surface area contributed by atoms with E-state index in [9.17, 15) is 0 Å². The summed E-state index contributed by atoms with van der Waals surface area (Å²) in [6.45, 7) is 5.40. The molecule has 0 aliphatic carbocycles. The van der Waals surface area contributed by atoms with Crippen molar-refractivity contribution in [3.63, 3.8) is 0 Å². The first-order chi connectivity index (χ1) is 9.81. The highest BCUT2D eigenvalue weighted by atomic mass is 14.9. The minimum Gasteiger partial charge on any atom is -0.314 e. The molecule has 0 fully saturated rings. The van der Waals surface area contributed by atoms with Crippen LogP contribution < -0.4 is 5.32 Å². The summed E-state index contributed by atoms with van der Waals surface area (Å²) >= 11 is 0. The average Bonchev–Trinajstić information content (AvgIpc) is 2.49. The van der Waals surface area contributed by atoms with E-state index < -0.39 is 0 Å². The molecule has 20 heavy (non-hydrogen) atoms. The second-order valence-electron chi connectivity index (χ2n) is 5.32. The lowest BCUT2D eigenvalue weighted by Crippen LogP contribution is -2.33. The van der Waals surface area contributed by atoms with Crippen molar-refractivity contribution in [1.29, 1.82) is 0 Å². The van der Waals surface area contributed by atoms with Gasteiger partial charge in [-0.25, -0.2) is 0 Å². The van der Waals surface area contributed by atoms with E-state index in [0.29, 0.717) is 6.04 Å². The van der Waals surface area contributed by atoms with Crippen LogP contribution in [-0.2, 0) is 19.3 Å². The first-order valence-corrected chi connectivity index (χ1v) is 7.67. The Bertz CT molecular complexity index is 487. The highest BCUT2D eigenvalue weighted by molar-refractivity contribution is 5.24. The van der Waals surface area contributed by atoms with E-state index in [1.54, 1.807) is 0 Å². The van der Waals surface area contributed by atoms with Crippen LogP contribution in [0.3, 0.4) is 0 Å². The molecule has 2 rings (SSSR count). The fourth-order valence-electron chi connectivity index (χ4n) is 2.60. The summed E-state index contributed by atoms with van der Waals surface area (Å²) < 4.78 is 0. The summed E-state index contributed by atoms with van der Waals surface area (Å²) in [5, 5.41) is 3.61. The van der Waals surface area contributed by atoms with Gasteiger partial charge >= 0.3 is 0 Å². The van der Waals surface area contributed by atoms with E-state index in [-0.39, 0.29) is 0 Å². The van der Waals surface area contributed by atoms with Crippen molar-refractivity contribution in [3.05, 3.63) is 71.3 Å². The van der Waals surface area contributed by atoms with Gasteiger partial charge in [0.15, 0.2) is 0 Å². The molecule has 1 heteroatoms. The molecular formula is C19H25N. The fraction of sp³-hybridized carbons (Fsp3) is 0.368. The molecule has 0 aliphatic heterocycles. The quantitative estimate of drug-likeness (QED) is 0.799. The van der Waals surface area contributed by atoms with Gasteiger partial charge in [0, 0.05) is 6.04 Å².